The Balaban J connectivity index is 1.59. The van der Waals surface area contributed by atoms with Crippen molar-refractivity contribution in [3.8, 4) is 0 Å². The van der Waals surface area contributed by atoms with E-state index >= 15 is 0 Å². The van der Waals surface area contributed by atoms with Gasteiger partial charge in [0.05, 0.1) is 5.41 Å². The summed E-state index contributed by atoms with van der Waals surface area (Å²) in [6.45, 7) is 1.65. The van der Waals surface area contributed by atoms with Crippen molar-refractivity contribution >= 4 is 5.91 Å². The number of amides is 1. The summed E-state index contributed by atoms with van der Waals surface area (Å²) >= 11 is 0. The smallest absolute Gasteiger partial charge is 0.233 e. The largest absolute Gasteiger partial charge is 0.340 e. The Labute approximate surface area is 132 Å². The van der Waals surface area contributed by atoms with Crippen molar-refractivity contribution in [3.05, 3.63) is 35.9 Å². The van der Waals surface area contributed by atoms with Crippen LogP contribution < -0.4 is 5.73 Å². The summed E-state index contributed by atoms with van der Waals surface area (Å²) in [4.78, 5) is 15.5. The first-order chi connectivity index (χ1) is 10.7. The van der Waals surface area contributed by atoms with Gasteiger partial charge in [-0.3, -0.25) is 4.79 Å². The Morgan fingerprint density at radius 2 is 1.77 bits per heavy atom. The molecule has 1 aliphatic heterocycles. The maximum Gasteiger partial charge on any atom is 0.233 e. The lowest BCUT2D eigenvalue weighted by atomic mass is 9.77. The fourth-order valence-corrected chi connectivity index (χ4v) is 4.71. The third-order valence-electron chi connectivity index (χ3n) is 6.12. The molecule has 1 aromatic carbocycles. The highest BCUT2D eigenvalue weighted by Gasteiger charge is 2.49. The molecule has 0 radical (unpaired) electrons. The molecular formula is C19H26N2O. The number of carbonyl (C=O) groups excluding carboxylic acids is 1. The quantitative estimate of drug-likeness (QED) is 0.932. The highest BCUT2D eigenvalue weighted by Crippen LogP contribution is 2.45. The van der Waals surface area contributed by atoms with E-state index in [1.54, 1.807) is 0 Å². The van der Waals surface area contributed by atoms with Gasteiger partial charge in [-0.15, -0.1) is 0 Å². The minimum absolute atomic E-state index is 0.186. The predicted octanol–water partition coefficient (Wildman–Crippen LogP) is 2.69. The Morgan fingerprint density at radius 3 is 2.41 bits per heavy atom. The molecule has 0 spiro atoms. The van der Waals surface area contributed by atoms with Gasteiger partial charge in [-0.1, -0.05) is 43.2 Å². The molecule has 1 amide bonds. The van der Waals surface area contributed by atoms with E-state index in [1.165, 1.54) is 18.4 Å². The zero-order valence-electron chi connectivity index (χ0n) is 13.2. The number of nitrogens with two attached hydrogens (primary N) is 1. The zero-order valence-corrected chi connectivity index (χ0v) is 13.2. The molecule has 2 saturated carbocycles. The number of hydrogen-bond acceptors (Lipinski definition) is 2. The summed E-state index contributed by atoms with van der Waals surface area (Å²) in [6, 6.07) is 10.6. The van der Waals surface area contributed by atoms with Crippen molar-refractivity contribution in [2.75, 3.05) is 13.1 Å². The molecule has 22 heavy (non-hydrogen) atoms. The van der Waals surface area contributed by atoms with E-state index in [1.807, 2.05) is 6.07 Å². The van der Waals surface area contributed by atoms with E-state index < -0.39 is 0 Å². The number of rotatable bonds is 3. The molecule has 2 aliphatic carbocycles. The van der Waals surface area contributed by atoms with E-state index in [0.717, 1.165) is 44.7 Å². The molecule has 2 N–H and O–H groups in total. The number of nitrogens with zero attached hydrogens (tertiary/aromatic N) is 1. The van der Waals surface area contributed by atoms with Crippen LogP contribution in [0.15, 0.2) is 30.3 Å². The normalized spacial score (nSPS) is 30.7. The van der Waals surface area contributed by atoms with E-state index in [4.69, 9.17) is 5.73 Å². The minimum atomic E-state index is -0.278. The summed E-state index contributed by atoms with van der Waals surface area (Å²) in [5, 5.41) is 0. The molecule has 1 heterocycles. The second-order valence-corrected chi connectivity index (χ2v) is 7.53. The van der Waals surface area contributed by atoms with Gasteiger partial charge in [0.25, 0.3) is 0 Å². The van der Waals surface area contributed by atoms with Gasteiger partial charge >= 0.3 is 0 Å². The van der Waals surface area contributed by atoms with Gasteiger partial charge in [0.2, 0.25) is 5.91 Å². The van der Waals surface area contributed by atoms with Gasteiger partial charge in [0.15, 0.2) is 0 Å². The van der Waals surface area contributed by atoms with Crippen LogP contribution in [0.3, 0.4) is 0 Å². The van der Waals surface area contributed by atoms with Crippen LogP contribution in [0.1, 0.15) is 44.1 Å². The lowest BCUT2D eigenvalue weighted by Crippen LogP contribution is -2.45. The molecule has 0 aromatic heterocycles. The summed E-state index contributed by atoms with van der Waals surface area (Å²) in [6.07, 6.45) is 6.93. The second kappa shape index (κ2) is 5.38. The van der Waals surface area contributed by atoms with Crippen molar-refractivity contribution in [3.63, 3.8) is 0 Å². The average molecular weight is 298 g/mol. The molecule has 1 aromatic rings. The summed E-state index contributed by atoms with van der Waals surface area (Å²) in [5.74, 6) is 1.66. The monoisotopic (exact) mass is 298 g/mol. The fourth-order valence-electron chi connectivity index (χ4n) is 4.71. The molecule has 3 fully saturated rings. The highest BCUT2D eigenvalue weighted by atomic mass is 16.2. The molecule has 2 atom stereocenters. The van der Waals surface area contributed by atoms with Gasteiger partial charge < -0.3 is 10.6 Å². The van der Waals surface area contributed by atoms with Gasteiger partial charge in [-0.2, -0.15) is 0 Å². The maximum atomic E-state index is 13.4. The SMILES string of the molecule is N[C@H]1CN(C(=O)C2(c3ccccc3)CCCC2)C[C@@H]1C1CC1. The summed E-state index contributed by atoms with van der Waals surface area (Å²) in [7, 11) is 0. The standard InChI is InChI=1S/C19H26N2O/c20-17-13-21(12-16(17)14-8-9-14)18(22)19(10-4-5-11-19)15-6-2-1-3-7-15/h1-3,6-7,14,16-17H,4-5,8-13,20H2/t16-,17+/m1/s1. The number of carbonyl (C=O) groups is 1. The molecule has 3 aliphatic rings. The first kappa shape index (κ1) is 14.3. The molecule has 4 rings (SSSR count). The Morgan fingerprint density at radius 1 is 1.09 bits per heavy atom. The first-order valence-corrected chi connectivity index (χ1v) is 8.81. The van der Waals surface area contributed by atoms with Crippen molar-refractivity contribution in [1.29, 1.82) is 0 Å². The minimum Gasteiger partial charge on any atom is -0.340 e. The molecule has 118 valence electrons. The van der Waals surface area contributed by atoms with Crippen LogP contribution in [0.25, 0.3) is 0 Å². The fraction of sp³-hybridized carbons (Fsp3) is 0.632. The van der Waals surface area contributed by atoms with E-state index in [-0.39, 0.29) is 11.5 Å². The molecule has 0 unspecified atom stereocenters. The number of likely N-dealkylation sites (tertiary alicyclic amines) is 1. The lowest BCUT2D eigenvalue weighted by Gasteiger charge is -2.33. The second-order valence-electron chi connectivity index (χ2n) is 7.53. The Kier molecular flexibility index (Phi) is 3.48. The van der Waals surface area contributed by atoms with Gasteiger partial charge in [0.1, 0.15) is 0 Å². The topological polar surface area (TPSA) is 46.3 Å². The first-order valence-electron chi connectivity index (χ1n) is 8.81. The van der Waals surface area contributed by atoms with Crippen molar-refractivity contribution in [1.82, 2.24) is 4.90 Å². The maximum absolute atomic E-state index is 13.4. The van der Waals surface area contributed by atoms with E-state index in [9.17, 15) is 4.79 Å². The third kappa shape index (κ3) is 2.26. The molecule has 3 nitrogen and oxygen atoms in total. The van der Waals surface area contributed by atoms with Crippen molar-refractivity contribution in [2.45, 2.75) is 50.0 Å². The van der Waals surface area contributed by atoms with E-state index in [0.29, 0.717) is 11.8 Å². The molecule has 1 saturated heterocycles. The number of hydrogen-bond donors (Lipinski definition) is 1. The predicted molar refractivity (Wildman–Crippen MR) is 87.4 cm³/mol. The van der Waals surface area contributed by atoms with Crippen LogP contribution in [0.4, 0.5) is 0 Å². The van der Waals surface area contributed by atoms with Crippen LogP contribution in [0.2, 0.25) is 0 Å². The van der Waals surface area contributed by atoms with Gasteiger partial charge in [-0.05, 0) is 43.1 Å². The Hall–Kier alpha value is -1.35. The van der Waals surface area contributed by atoms with Crippen LogP contribution in [0, 0.1) is 11.8 Å². The molecular weight excluding hydrogens is 272 g/mol. The molecule has 0 bridgehead atoms. The highest BCUT2D eigenvalue weighted by molar-refractivity contribution is 5.89. The van der Waals surface area contributed by atoms with Crippen molar-refractivity contribution in [2.24, 2.45) is 17.6 Å². The summed E-state index contributed by atoms with van der Waals surface area (Å²) < 4.78 is 0. The average Bonchev–Trinajstić information content (AvgIpc) is 3.13. The summed E-state index contributed by atoms with van der Waals surface area (Å²) in [5.41, 5.74) is 7.27. The third-order valence-corrected chi connectivity index (χ3v) is 6.12. The van der Waals surface area contributed by atoms with Gasteiger partial charge in [-0.25, -0.2) is 0 Å². The molecule has 3 heteroatoms. The van der Waals surface area contributed by atoms with Gasteiger partial charge in [0, 0.05) is 19.1 Å². The lowest BCUT2D eigenvalue weighted by molar-refractivity contribution is -0.136. The van der Waals surface area contributed by atoms with Crippen LogP contribution in [-0.4, -0.2) is 29.9 Å². The zero-order chi connectivity index (χ0) is 15.2. The van der Waals surface area contributed by atoms with Crippen LogP contribution in [-0.2, 0) is 10.2 Å². The van der Waals surface area contributed by atoms with Crippen LogP contribution in [0.5, 0.6) is 0 Å². The number of benzene rings is 1. The van der Waals surface area contributed by atoms with E-state index in [2.05, 4.69) is 29.2 Å². The van der Waals surface area contributed by atoms with Crippen LogP contribution >= 0.6 is 0 Å². The van der Waals surface area contributed by atoms with Crippen molar-refractivity contribution < 1.29 is 4.79 Å². The Bertz CT molecular complexity index is 546.